The van der Waals surface area contributed by atoms with Gasteiger partial charge in [0, 0.05) is 5.39 Å². The van der Waals surface area contributed by atoms with E-state index in [4.69, 9.17) is 5.73 Å². The lowest BCUT2D eigenvalue weighted by Gasteiger charge is -2.20. The summed E-state index contributed by atoms with van der Waals surface area (Å²) in [5.74, 6) is 0.753. The van der Waals surface area contributed by atoms with Gasteiger partial charge in [-0.25, -0.2) is 4.68 Å². The van der Waals surface area contributed by atoms with Gasteiger partial charge in [0.1, 0.15) is 5.82 Å². The molecule has 3 heteroatoms. The first kappa shape index (κ1) is 12.9. The summed E-state index contributed by atoms with van der Waals surface area (Å²) in [7, 11) is 0. The van der Waals surface area contributed by atoms with Gasteiger partial charge in [0.05, 0.1) is 11.1 Å². The largest absolute Gasteiger partial charge is 0.383 e. The fraction of sp³-hybridized carbons (Fsp3) is 0.533. The van der Waals surface area contributed by atoms with Crippen molar-refractivity contribution in [2.24, 2.45) is 0 Å². The zero-order valence-electron chi connectivity index (χ0n) is 12.2. The summed E-state index contributed by atoms with van der Waals surface area (Å²) >= 11 is 0. The molecule has 98 valence electrons. The van der Waals surface area contributed by atoms with Crippen molar-refractivity contribution in [1.82, 2.24) is 9.78 Å². The molecule has 0 fully saturated rings. The Bertz CT molecular complexity index is 580. The molecular formula is C15H23N3. The van der Waals surface area contributed by atoms with Crippen LogP contribution in [0.25, 0.3) is 10.9 Å². The Morgan fingerprint density at radius 3 is 2.17 bits per heavy atom. The van der Waals surface area contributed by atoms with Crippen molar-refractivity contribution in [3.8, 4) is 0 Å². The Morgan fingerprint density at radius 1 is 1.06 bits per heavy atom. The molecule has 3 nitrogen and oxygen atoms in total. The van der Waals surface area contributed by atoms with Crippen LogP contribution >= 0.6 is 0 Å². The number of anilines is 1. The van der Waals surface area contributed by atoms with Gasteiger partial charge in [0.25, 0.3) is 0 Å². The van der Waals surface area contributed by atoms with Crippen LogP contribution in [0.2, 0.25) is 0 Å². The summed E-state index contributed by atoms with van der Waals surface area (Å²) in [5.41, 5.74) is 8.53. The van der Waals surface area contributed by atoms with Gasteiger partial charge in [0.2, 0.25) is 0 Å². The van der Waals surface area contributed by atoms with E-state index in [1.165, 1.54) is 5.56 Å². The number of benzene rings is 1. The molecule has 0 unspecified atom stereocenters. The zero-order chi connectivity index (χ0) is 13.7. The average Bonchev–Trinajstić information content (AvgIpc) is 2.54. The van der Waals surface area contributed by atoms with E-state index in [1.54, 1.807) is 0 Å². The van der Waals surface area contributed by atoms with E-state index in [0.29, 0.717) is 0 Å². The summed E-state index contributed by atoms with van der Waals surface area (Å²) in [4.78, 5) is 0. The van der Waals surface area contributed by atoms with Crippen molar-refractivity contribution in [3.05, 3.63) is 23.8 Å². The third-order valence-electron chi connectivity index (χ3n) is 3.21. The SMILES string of the molecule is CC(C)(C)c1ccc2nn(C(C)(C)C)c(N)c2c1. The normalized spacial score (nSPS) is 13.2. The highest BCUT2D eigenvalue weighted by atomic mass is 15.3. The number of aromatic nitrogens is 2. The molecule has 1 aromatic heterocycles. The number of nitrogen functional groups attached to an aromatic ring is 1. The molecule has 0 aliphatic carbocycles. The number of hydrogen-bond acceptors (Lipinski definition) is 2. The third-order valence-corrected chi connectivity index (χ3v) is 3.21. The molecule has 0 saturated carbocycles. The lowest BCUT2D eigenvalue weighted by molar-refractivity contribution is 0.364. The van der Waals surface area contributed by atoms with Gasteiger partial charge in [-0.15, -0.1) is 0 Å². The topological polar surface area (TPSA) is 43.8 Å². The zero-order valence-corrected chi connectivity index (χ0v) is 12.2. The quantitative estimate of drug-likeness (QED) is 0.769. The fourth-order valence-electron chi connectivity index (χ4n) is 2.08. The van der Waals surface area contributed by atoms with Crippen LogP contribution in [0.4, 0.5) is 5.82 Å². The predicted octanol–water partition coefficient (Wildman–Crippen LogP) is 3.67. The molecule has 0 atom stereocenters. The van der Waals surface area contributed by atoms with Gasteiger partial charge in [-0.3, -0.25) is 0 Å². The lowest BCUT2D eigenvalue weighted by Crippen LogP contribution is -2.24. The van der Waals surface area contributed by atoms with Gasteiger partial charge in [-0.05, 0) is 43.9 Å². The minimum Gasteiger partial charge on any atom is -0.383 e. The van der Waals surface area contributed by atoms with Gasteiger partial charge in [-0.2, -0.15) is 5.10 Å². The molecular weight excluding hydrogens is 222 g/mol. The van der Waals surface area contributed by atoms with Gasteiger partial charge < -0.3 is 5.73 Å². The molecule has 0 radical (unpaired) electrons. The average molecular weight is 245 g/mol. The maximum absolute atomic E-state index is 6.24. The van der Waals surface area contributed by atoms with Crippen LogP contribution in [0.15, 0.2) is 18.2 Å². The van der Waals surface area contributed by atoms with Crippen LogP contribution in [-0.2, 0) is 11.0 Å². The Kier molecular flexibility index (Phi) is 2.69. The highest BCUT2D eigenvalue weighted by Gasteiger charge is 2.21. The van der Waals surface area contributed by atoms with Gasteiger partial charge in [-0.1, -0.05) is 26.8 Å². The Hall–Kier alpha value is -1.51. The summed E-state index contributed by atoms with van der Waals surface area (Å²) in [6, 6.07) is 6.37. The molecule has 0 spiro atoms. The van der Waals surface area contributed by atoms with E-state index in [0.717, 1.165) is 16.7 Å². The Balaban J connectivity index is 2.68. The molecule has 0 bridgehead atoms. The first-order chi connectivity index (χ1) is 8.10. The minimum absolute atomic E-state index is 0.0923. The van der Waals surface area contributed by atoms with Crippen molar-refractivity contribution in [2.75, 3.05) is 5.73 Å². The monoisotopic (exact) mass is 245 g/mol. The number of nitrogens with two attached hydrogens (primary N) is 1. The van der Waals surface area contributed by atoms with E-state index < -0.39 is 0 Å². The number of rotatable bonds is 0. The Labute approximate surface area is 109 Å². The first-order valence-corrected chi connectivity index (χ1v) is 6.40. The maximum atomic E-state index is 6.24. The standard InChI is InChI=1S/C15H23N3/c1-14(2,3)10-7-8-12-11(9-10)13(16)18(17-12)15(4,5)6/h7-9H,16H2,1-6H3. The summed E-state index contributed by atoms with van der Waals surface area (Å²) in [6.45, 7) is 13.0. The van der Waals surface area contributed by atoms with Gasteiger partial charge >= 0.3 is 0 Å². The van der Waals surface area contributed by atoms with E-state index in [9.17, 15) is 0 Å². The molecule has 0 saturated heterocycles. The second-order valence-corrected chi connectivity index (χ2v) is 6.95. The predicted molar refractivity (Wildman–Crippen MR) is 77.8 cm³/mol. The summed E-state index contributed by atoms with van der Waals surface area (Å²) in [5, 5.41) is 5.65. The first-order valence-electron chi connectivity index (χ1n) is 6.40. The molecule has 2 N–H and O–H groups in total. The van der Waals surface area contributed by atoms with Crippen molar-refractivity contribution in [3.63, 3.8) is 0 Å². The number of hydrogen-bond donors (Lipinski definition) is 1. The smallest absolute Gasteiger partial charge is 0.130 e. The van der Waals surface area contributed by atoms with Crippen molar-refractivity contribution >= 4 is 16.7 Å². The van der Waals surface area contributed by atoms with Crippen molar-refractivity contribution in [1.29, 1.82) is 0 Å². The third kappa shape index (κ3) is 2.09. The maximum Gasteiger partial charge on any atom is 0.130 e. The van der Waals surface area contributed by atoms with E-state index in [1.807, 2.05) is 4.68 Å². The Morgan fingerprint density at radius 2 is 1.67 bits per heavy atom. The van der Waals surface area contributed by atoms with Crippen molar-refractivity contribution < 1.29 is 0 Å². The van der Waals surface area contributed by atoms with Crippen LogP contribution in [0.3, 0.4) is 0 Å². The van der Waals surface area contributed by atoms with Crippen LogP contribution in [0.5, 0.6) is 0 Å². The summed E-state index contributed by atoms with van der Waals surface area (Å²) in [6.07, 6.45) is 0. The molecule has 0 aliphatic heterocycles. The minimum atomic E-state index is -0.0923. The molecule has 0 amide bonds. The van der Waals surface area contributed by atoms with Gasteiger partial charge in [0.15, 0.2) is 0 Å². The van der Waals surface area contributed by atoms with Crippen LogP contribution in [0, 0.1) is 0 Å². The number of nitrogens with zero attached hydrogens (tertiary/aromatic N) is 2. The fourth-order valence-corrected chi connectivity index (χ4v) is 2.08. The number of fused-ring (bicyclic) bond motifs is 1. The van der Waals surface area contributed by atoms with E-state index in [-0.39, 0.29) is 11.0 Å². The highest BCUT2D eigenvalue weighted by molar-refractivity contribution is 5.89. The van der Waals surface area contributed by atoms with E-state index in [2.05, 4.69) is 64.8 Å². The molecule has 18 heavy (non-hydrogen) atoms. The second-order valence-electron chi connectivity index (χ2n) is 6.95. The van der Waals surface area contributed by atoms with Crippen LogP contribution < -0.4 is 5.73 Å². The molecule has 0 aliphatic rings. The van der Waals surface area contributed by atoms with Crippen LogP contribution in [-0.4, -0.2) is 9.78 Å². The molecule has 1 aromatic carbocycles. The lowest BCUT2D eigenvalue weighted by atomic mass is 9.86. The van der Waals surface area contributed by atoms with Crippen LogP contribution in [0.1, 0.15) is 47.1 Å². The second kappa shape index (κ2) is 3.74. The highest BCUT2D eigenvalue weighted by Crippen LogP contribution is 2.31. The van der Waals surface area contributed by atoms with Crippen molar-refractivity contribution in [2.45, 2.75) is 52.5 Å². The molecule has 2 rings (SSSR count). The van der Waals surface area contributed by atoms with E-state index >= 15 is 0 Å². The molecule has 2 aromatic rings. The summed E-state index contributed by atoms with van der Waals surface area (Å²) < 4.78 is 1.91. The molecule has 1 heterocycles.